The largest absolute Gasteiger partial charge is 0.444 e. The van der Waals surface area contributed by atoms with E-state index in [1.54, 1.807) is 4.90 Å². The molecule has 0 bridgehead atoms. The zero-order valence-electron chi connectivity index (χ0n) is 16.3. The minimum Gasteiger partial charge on any atom is -0.444 e. The minimum atomic E-state index is -0.697. The Labute approximate surface area is 155 Å². The maximum Gasteiger partial charge on any atom is 0.410 e. The van der Waals surface area contributed by atoms with E-state index in [1.807, 2.05) is 27.7 Å². The smallest absolute Gasteiger partial charge is 0.410 e. The van der Waals surface area contributed by atoms with Crippen LogP contribution < -0.4 is 5.32 Å². The fourth-order valence-electron chi connectivity index (χ4n) is 3.90. The summed E-state index contributed by atoms with van der Waals surface area (Å²) in [5.41, 5.74) is -1.18. The normalized spacial score (nSPS) is 27.7. The van der Waals surface area contributed by atoms with Crippen LogP contribution in [0.25, 0.3) is 0 Å². The molecule has 1 atom stereocenters. The Hall–Kier alpha value is -1.79. The summed E-state index contributed by atoms with van der Waals surface area (Å²) >= 11 is 0. The Morgan fingerprint density at radius 1 is 1.19 bits per heavy atom. The molecule has 1 N–H and O–H groups in total. The lowest BCUT2D eigenvalue weighted by molar-refractivity contribution is -0.131. The van der Waals surface area contributed by atoms with Crippen LogP contribution in [0.5, 0.6) is 0 Å². The van der Waals surface area contributed by atoms with E-state index in [-0.39, 0.29) is 18.0 Å². The number of nitrogens with zero attached hydrogens (tertiary/aromatic N) is 2. The van der Waals surface area contributed by atoms with E-state index in [0.717, 1.165) is 32.1 Å². The summed E-state index contributed by atoms with van der Waals surface area (Å²) in [6, 6.07) is -0.254. The van der Waals surface area contributed by atoms with Gasteiger partial charge in [0.25, 0.3) is 5.91 Å². The predicted molar refractivity (Wildman–Crippen MR) is 96.5 cm³/mol. The Morgan fingerprint density at radius 3 is 2.35 bits per heavy atom. The summed E-state index contributed by atoms with van der Waals surface area (Å²) in [6.45, 7) is 9.24. The van der Waals surface area contributed by atoms with Gasteiger partial charge >= 0.3 is 12.1 Å². The van der Waals surface area contributed by atoms with Crippen LogP contribution in [0, 0.1) is 11.8 Å². The summed E-state index contributed by atoms with van der Waals surface area (Å²) in [6.07, 6.45) is 4.32. The van der Waals surface area contributed by atoms with Crippen molar-refractivity contribution in [3.63, 3.8) is 0 Å². The monoisotopic (exact) mass is 365 g/mol. The molecular weight excluding hydrogens is 334 g/mol. The topological polar surface area (TPSA) is 79.0 Å². The zero-order chi connectivity index (χ0) is 19.1. The van der Waals surface area contributed by atoms with Crippen LogP contribution in [0.15, 0.2) is 0 Å². The third-order valence-corrected chi connectivity index (χ3v) is 5.72. The van der Waals surface area contributed by atoms with Gasteiger partial charge in [-0.15, -0.1) is 0 Å². The van der Waals surface area contributed by atoms with Gasteiger partial charge in [-0.05, 0) is 71.6 Å². The van der Waals surface area contributed by atoms with Gasteiger partial charge in [-0.1, -0.05) is 0 Å². The van der Waals surface area contributed by atoms with Crippen LogP contribution in [0.4, 0.5) is 9.59 Å². The second-order valence-electron chi connectivity index (χ2n) is 9.06. The van der Waals surface area contributed by atoms with Crippen LogP contribution in [0.3, 0.4) is 0 Å². The maximum absolute atomic E-state index is 12.6. The van der Waals surface area contributed by atoms with Gasteiger partial charge in [-0.3, -0.25) is 9.69 Å². The summed E-state index contributed by atoms with van der Waals surface area (Å²) in [4.78, 5) is 40.1. The lowest BCUT2D eigenvalue weighted by Crippen LogP contribution is -2.46. The zero-order valence-corrected chi connectivity index (χ0v) is 16.3. The molecule has 0 aromatic heterocycles. The highest BCUT2D eigenvalue weighted by atomic mass is 16.6. The number of amides is 4. The van der Waals surface area contributed by atoms with E-state index >= 15 is 0 Å². The molecule has 0 aromatic rings. The first-order chi connectivity index (χ1) is 12.1. The van der Waals surface area contributed by atoms with Crippen LogP contribution in [-0.2, 0) is 9.53 Å². The third kappa shape index (κ3) is 3.96. The second-order valence-corrected chi connectivity index (χ2v) is 9.06. The Balaban J connectivity index is 1.45. The standard InChI is InChI=1S/C19H31N3O4/c1-18(2,3)26-17(25)21-10-7-13(8-11-21)9-12-22-15(23)19(4,14-5-6-14)20-16(22)24/h13-14H,5-12H2,1-4H3,(H,20,24)/t19-/m0/s1. The molecule has 2 aliphatic heterocycles. The number of likely N-dealkylation sites (tertiary alicyclic amines) is 1. The molecule has 0 unspecified atom stereocenters. The van der Waals surface area contributed by atoms with Crippen molar-refractivity contribution < 1.29 is 19.1 Å². The highest BCUT2D eigenvalue weighted by Gasteiger charge is 2.55. The molecule has 3 aliphatic rings. The van der Waals surface area contributed by atoms with Gasteiger partial charge in [0.05, 0.1) is 0 Å². The predicted octanol–water partition coefficient (Wildman–Crippen LogP) is 2.74. The fraction of sp³-hybridized carbons (Fsp3) is 0.842. The highest BCUT2D eigenvalue weighted by Crippen LogP contribution is 2.42. The molecule has 1 aliphatic carbocycles. The van der Waals surface area contributed by atoms with Gasteiger partial charge in [0.2, 0.25) is 0 Å². The molecule has 7 nitrogen and oxygen atoms in total. The number of piperidine rings is 1. The molecule has 3 fully saturated rings. The Morgan fingerprint density at radius 2 is 1.81 bits per heavy atom. The summed E-state index contributed by atoms with van der Waals surface area (Å²) in [5, 5.41) is 2.89. The van der Waals surface area contributed by atoms with Crippen LogP contribution in [0.1, 0.15) is 59.8 Å². The molecule has 1 saturated carbocycles. The van der Waals surface area contributed by atoms with Crippen molar-refractivity contribution in [2.24, 2.45) is 11.8 Å². The first-order valence-corrected chi connectivity index (χ1v) is 9.72. The number of rotatable bonds is 4. The summed E-state index contributed by atoms with van der Waals surface area (Å²) in [5.74, 6) is 0.638. The Kier molecular flexibility index (Phi) is 4.92. The van der Waals surface area contributed by atoms with E-state index in [4.69, 9.17) is 4.74 Å². The number of carbonyl (C=O) groups excluding carboxylic acids is 3. The van der Waals surface area contributed by atoms with Crippen LogP contribution >= 0.6 is 0 Å². The molecule has 3 rings (SSSR count). The molecule has 2 saturated heterocycles. The number of urea groups is 1. The van der Waals surface area contributed by atoms with Gasteiger partial charge in [0.15, 0.2) is 0 Å². The van der Waals surface area contributed by atoms with E-state index in [2.05, 4.69) is 5.32 Å². The lowest BCUT2D eigenvalue weighted by Gasteiger charge is -2.33. The van der Waals surface area contributed by atoms with Gasteiger partial charge in [-0.25, -0.2) is 9.59 Å². The summed E-state index contributed by atoms with van der Waals surface area (Å²) < 4.78 is 5.41. The quantitative estimate of drug-likeness (QED) is 0.777. The number of nitrogens with one attached hydrogen (secondary N) is 1. The molecule has 26 heavy (non-hydrogen) atoms. The number of ether oxygens (including phenoxy) is 1. The van der Waals surface area contributed by atoms with E-state index in [1.165, 1.54) is 4.90 Å². The van der Waals surface area contributed by atoms with Crippen molar-refractivity contribution >= 4 is 18.0 Å². The van der Waals surface area contributed by atoms with Crippen molar-refractivity contribution in [3.8, 4) is 0 Å². The average Bonchev–Trinajstić information content (AvgIpc) is 3.36. The fourth-order valence-corrected chi connectivity index (χ4v) is 3.90. The maximum atomic E-state index is 12.6. The Bertz CT molecular complexity index is 588. The van der Waals surface area contributed by atoms with Gasteiger partial charge < -0.3 is 15.0 Å². The minimum absolute atomic E-state index is 0.0730. The van der Waals surface area contributed by atoms with Crippen LogP contribution in [0.2, 0.25) is 0 Å². The van der Waals surface area contributed by atoms with Crippen molar-refractivity contribution in [2.75, 3.05) is 19.6 Å². The van der Waals surface area contributed by atoms with Gasteiger partial charge in [0.1, 0.15) is 11.1 Å². The third-order valence-electron chi connectivity index (χ3n) is 5.72. The lowest BCUT2D eigenvalue weighted by atomic mass is 9.93. The molecule has 146 valence electrons. The number of carbonyl (C=O) groups is 3. The number of imide groups is 1. The number of hydrogen-bond acceptors (Lipinski definition) is 4. The van der Waals surface area contributed by atoms with Gasteiger partial charge in [0, 0.05) is 19.6 Å². The van der Waals surface area contributed by atoms with E-state index in [0.29, 0.717) is 31.5 Å². The van der Waals surface area contributed by atoms with Gasteiger partial charge in [-0.2, -0.15) is 0 Å². The van der Waals surface area contributed by atoms with E-state index in [9.17, 15) is 14.4 Å². The summed E-state index contributed by atoms with van der Waals surface area (Å²) in [7, 11) is 0. The molecule has 7 heteroatoms. The molecule has 2 heterocycles. The molecular formula is C19H31N3O4. The second kappa shape index (κ2) is 6.74. The van der Waals surface area contributed by atoms with E-state index < -0.39 is 11.1 Å². The van der Waals surface area contributed by atoms with Crippen molar-refractivity contribution in [3.05, 3.63) is 0 Å². The van der Waals surface area contributed by atoms with Crippen LogP contribution in [-0.4, -0.2) is 58.6 Å². The average molecular weight is 365 g/mol. The SMILES string of the molecule is CC(C)(C)OC(=O)N1CCC(CCN2C(=O)N[C@@](C)(C3CC3)C2=O)CC1. The highest BCUT2D eigenvalue weighted by molar-refractivity contribution is 6.07. The number of hydrogen-bond donors (Lipinski definition) is 1. The van der Waals surface area contributed by atoms with Crippen molar-refractivity contribution in [1.82, 2.24) is 15.1 Å². The first kappa shape index (κ1) is 19.0. The molecule has 0 spiro atoms. The van der Waals surface area contributed by atoms with Crippen molar-refractivity contribution in [1.29, 1.82) is 0 Å². The molecule has 0 radical (unpaired) electrons. The molecule has 4 amide bonds. The van der Waals surface area contributed by atoms with Crippen molar-refractivity contribution in [2.45, 2.75) is 70.9 Å². The first-order valence-electron chi connectivity index (χ1n) is 9.72. The molecule has 0 aromatic carbocycles.